The molecule has 4 rings (SSSR count). The maximum Gasteiger partial charge on any atom is 0.291 e. The number of ether oxygens (including phenoxy) is 1. The zero-order chi connectivity index (χ0) is 24.5. The maximum absolute atomic E-state index is 13.3. The van der Waals surface area contributed by atoms with Gasteiger partial charge in [0.1, 0.15) is 11.5 Å². The molecule has 0 radical (unpaired) electrons. The number of rotatable bonds is 5. The van der Waals surface area contributed by atoms with Crippen molar-refractivity contribution in [3.8, 4) is 11.5 Å². The van der Waals surface area contributed by atoms with Crippen LogP contribution in [0, 0.1) is 12.3 Å². The lowest BCUT2D eigenvalue weighted by Crippen LogP contribution is -2.31. The van der Waals surface area contributed by atoms with Crippen LogP contribution in [-0.4, -0.2) is 16.7 Å². The van der Waals surface area contributed by atoms with Gasteiger partial charge in [0.15, 0.2) is 16.6 Å². The zero-order valence-corrected chi connectivity index (χ0v) is 20.6. The summed E-state index contributed by atoms with van der Waals surface area (Å²) in [4.78, 5) is 13.3. The molecule has 0 fully saturated rings. The van der Waals surface area contributed by atoms with Crippen LogP contribution in [0.25, 0.3) is 0 Å². The number of fused-ring (bicyclic) bond motifs is 1. The Balaban J connectivity index is 1.66. The van der Waals surface area contributed by atoms with Crippen LogP contribution in [0.4, 0.5) is 5.69 Å². The van der Waals surface area contributed by atoms with Gasteiger partial charge in [-0.2, -0.15) is 5.10 Å². The summed E-state index contributed by atoms with van der Waals surface area (Å²) < 4.78 is 12.0. The standard InChI is InChI=1S/C25H25ClN4O3S/c1-14-21-18(29-30-24(27)34)12-25(2,3)13-20(21)33-22(14)23(31)28-17-11-15(26)9-10-19(17)32-16-7-5-4-6-8-16/h4-11H,12-13H2,1-3H3,(H,28,31)(H3,27,30,34)/b29-18-. The lowest BCUT2D eigenvalue weighted by molar-refractivity contribution is 0.0992. The predicted molar refractivity (Wildman–Crippen MR) is 138 cm³/mol. The van der Waals surface area contributed by atoms with E-state index in [9.17, 15) is 4.79 Å². The number of nitrogens with two attached hydrogens (primary N) is 1. The van der Waals surface area contributed by atoms with Gasteiger partial charge in [-0.15, -0.1) is 0 Å². The van der Waals surface area contributed by atoms with Gasteiger partial charge in [0.2, 0.25) is 0 Å². The normalized spacial score (nSPS) is 15.5. The van der Waals surface area contributed by atoms with Crippen LogP contribution in [0.3, 0.4) is 0 Å². The van der Waals surface area contributed by atoms with Gasteiger partial charge >= 0.3 is 0 Å². The number of hydrazone groups is 1. The molecule has 4 N–H and O–H groups in total. The SMILES string of the molecule is Cc1c(C(=O)Nc2cc(Cl)ccc2Oc2ccccc2)oc2c1/C(=N\NC(N)=S)CC(C)(C)C2. The lowest BCUT2D eigenvalue weighted by atomic mass is 9.75. The number of carbonyl (C=O) groups excluding carboxylic acids is 1. The fourth-order valence-corrected chi connectivity index (χ4v) is 4.25. The Morgan fingerprint density at radius 2 is 1.94 bits per heavy atom. The van der Waals surface area contributed by atoms with Crippen molar-refractivity contribution < 1.29 is 13.9 Å². The Bertz CT molecular complexity index is 1280. The van der Waals surface area contributed by atoms with Crippen molar-refractivity contribution in [3.63, 3.8) is 0 Å². The van der Waals surface area contributed by atoms with Crippen LogP contribution >= 0.6 is 23.8 Å². The van der Waals surface area contributed by atoms with Gasteiger partial charge in [0.25, 0.3) is 5.91 Å². The van der Waals surface area contributed by atoms with Crippen LogP contribution in [-0.2, 0) is 6.42 Å². The third kappa shape index (κ3) is 5.24. The second-order valence-corrected chi connectivity index (χ2v) is 9.79. The number of halogens is 1. The Labute approximate surface area is 208 Å². The van der Waals surface area contributed by atoms with Crippen molar-refractivity contribution in [1.29, 1.82) is 0 Å². The molecule has 1 aliphatic carbocycles. The van der Waals surface area contributed by atoms with E-state index in [4.69, 9.17) is 38.7 Å². The van der Waals surface area contributed by atoms with Gasteiger partial charge in [0, 0.05) is 22.6 Å². The van der Waals surface area contributed by atoms with Crippen LogP contribution in [0.1, 0.15) is 47.7 Å². The molecule has 176 valence electrons. The molecule has 1 aromatic heterocycles. The molecule has 0 unspecified atom stereocenters. The monoisotopic (exact) mass is 496 g/mol. The molecule has 1 amide bonds. The maximum atomic E-state index is 13.3. The second kappa shape index (κ2) is 9.48. The van der Waals surface area contributed by atoms with Gasteiger partial charge < -0.3 is 20.2 Å². The molecule has 2 aromatic carbocycles. The van der Waals surface area contributed by atoms with E-state index in [-0.39, 0.29) is 16.3 Å². The molecule has 7 nitrogen and oxygen atoms in total. The molecule has 34 heavy (non-hydrogen) atoms. The molecular weight excluding hydrogens is 472 g/mol. The van der Waals surface area contributed by atoms with Crippen molar-refractivity contribution in [2.24, 2.45) is 16.3 Å². The summed E-state index contributed by atoms with van der Waals surface area (Å²) in [5, 5.41) is 7.80. The fourth-order valence-electron chi connectivity index (χ4n) is 4.03. The number of anilines is 1. The summed E-state index contributed by atoms with van der Waals surface area (Å²) >= 11 is 11.1. The van der Waals surface area contributed by atoms with E-state index in [1.165, 1.54) is 0 Å². The van der Waals surface area contributed by atoms with E-state index in [1.807, 2.05) is 37.3 Å². The van der Waals surface area contributed by atoms with Crippen molar-refractivity contribution in [2.75, 3.05) is 5.32 Å². The minimum atomic E-state index is -0.411. The minimum absolute atomic E-state index is 0.0726. The number of furan rings is 1. The molecule has 1 aliphatic rings. The topological polar surface area (TPSA) is 102 Å². The van der Waals surface area contributed by atoms with Crippen LogP contribution in [0.15, 0.2) is 58.0 Å². The molecule has 1 heterocycles. The van der Waals surface area contributed by atoms with Gasteiger partial charge in [0.05, 0.1) is 11.4 Å². The lowest BCUT2D eigenvalue weighted by Gasteiger charge is -2.29. The van der Waals surface area contributed by atoms with Crippen LogP contribution < -0.4 is 21.2 Å². The number of benzene rings is 2. The second-order valence-electron chi connectivity index (χ2n) is 8.92. The summed E-state index contributed by atoms with van der Waals surface area (Å²) in [6.45, 7) is 6.07. The summed E-state index contributed by atoms with van der Waals surface area (Å²) in [6.07, 6.45) is 1.35. The highest BCUT2D eigenvalue weighted by Gasteiger charge is 2.36. The largest absolute Gasteiger partial charge is 0.455 e. The van der Waals surface area contributed by atoms with Gasteiger partial charge in [-0.25, -0.2) is 0 Å². The Morgan fingerprint density at radius 1 is 1.21 bits per heavy atom. The van der Waals surface area contributed by atoms with Crippen LogP contribution in [0.2, 0.25) is 5.02 Å². The summed E-state index contributed by atoms with van der Waals surface area (Å²) in [6, 6.07) is 14.3. The van der Waals surface area contributed by atoms with E-state index in [1.54, 1.807) is 18.2 Å². The van der Waals surface area contributed by atoms with Gasteiger partial charge in [-0.05, 0) is 61.3 Å². The van der Waals surface area contributed by atoms with Crippen molar-refractivity contribution in [2.45, 2.75) is 33.6 Å². The van der Waals surface area contributed by atoms with E-state index in [0.29, 0.717) is 46.4 Å². The zero-order valence-electron chi connectivity index (χ0n) is 19.1. The molecule has 0 atom stereocenters. The Hall–Kier alpha value is -3.36. The molecule has 9 heteroatoms. The Kier molecular flexibility index (Phi) is 6.63. The van der Waals surface area contributed by atoms with E-state index in [2.05, 4.69) is 29.7 Å². The van der Waals surface area contributed by atoms with Crippen LogP contribution in [0.5, 0.6) is 11.5 Å². The number of para-hydroxylation sites is 1. The first-order valence-corrected chi connectivity index (χ1v) is 11.5. The molecule has 0 spiro atoms. The third-order valence-electron chi connectivity index (χ3n) is 5.46. The van der Waals surface area contributed by atoms with Gasteiger partial charge in [-0.3, -0.25) is 10.2 Å². The van der Waals surface area contributed by atoms with Crippen molar-refractivity contribution in [1.82, 2.24) is 5.43 Å². The molecular formula is C25H25ClN4O3S. The first-order valence-electron chi connectivity index (χ1n) is 10.7. The number of amides is 1. The molecule has 0 bridgehead atoms. The average molecular weight is 497 g/mol. The van der Waals surface area contributed by atoms with Crippen molar-refractivity contribution >= 4 is 46.2 Å². The fraction of sp³-hybridized carbons (Fsp3) is 0.240. The minimum Gasteiger partial charge on any atom is -0.455 e. The number of hydrogen-bond acceptors (Lipinski definition) is 5. The molecule has 3 aromatic rings. The number of nitrogens with zero attached hydrogens (tertiary/aromatic N) is 1. The molecule has 0 saturated heterocycles. The number of hydrogen-bond donors (Lipinski definition) is 3. The van der Waals surface area contributed by atoms with Crippen molar-refractivity contribution in [3.05, 3.63) is 76.2 Å². The highest BCUT2D eigenvalue weighted by Crippen LogP contribution is 2.39. The average Bonchev–Trinajstić information content (AvgIpc) is 3.09. The summed E-state index contributed by atoms with van der Waals surface area (Å²) in [7, 11) is 0. The molecule has 0 saturated carbocycles. The third-order valence-corrected chi connectivity index (χ3v) is 5.79. The first-order chi connectivity index (χ1) is 16.1. The van der Waals surface area contributed by atoms with Gasteiger partial charge in [-0.1, -0.05) is 43.6 Å². The first kappa shape index (κ1) is 23.8. The summed E-state index contributed by atoms with van der Waals surface area (Å²) in [5.41, 5.74) is 10.8. The van der Waals surface area contributed by atoms with E-state index in [0.717, 1.165) is 11.3 Å². The van der Waals surface area contributed by atoms with E-state index < -0.39 is 5.91 Å². The summed E-state index contributed by atoms with van der Waals surface area (Å²) in [5.74, 6) is 1.59. The highest BCUT2D eigenvalue weighted by molar-refractivity contribution is 7.80. The quantitative estimate of drug-likeness (QED) is 0.305. The smallest absolute Gasteiger partial charge is 0.291 e. The Morgan fingerprint density at radius 3 is 2.65 bits per heavy atom. The number of nitrogens with one attached hydrogen (secondary N) is 2. The number of thiocarbonyl (C=S) groups is 1. The molecule has 0 aliphatic heterocycles. The highest BCUT2D eigenvalue weighted by atomic mass is 35.5. The number of carbonyl (C=O) groups is 1. The van der Waals surface area contributed by atoms with E-state index >= 15 is 0 Å². The predicted octanol–water partition coefficient (Wildman–Crippen LogP) is 5.80.